The average molecular weight is 340 g/mol. The molecule has 7 nitrogen and oxygen atoms in total. The maximum absolute atomic E-state index is 12.3. The first-order valence-electron chi connectivity index (χ1n) is 8.10. The number of aryl methyl sites for hydroxylation is 1. The van der Waals surface area contributed by atoms with Gasteiger partial charge in [0, 0.05) is 32.4 Å². The quantitative estimate of drug-likeness (QED) is 0.637. The SMILES string of the molecule is Cc1ccc(O)c(NC(=O)C(=O)N2CCN(c3ccccn3)CC2)c1. The molecular formula is C18H20N4O3. The summed E-state index contributed by atoms with van der Waals surface area (Å²) in [6, 6.07) is 10.5. The highest BCUT2D eigenvalue weighted by molar-refractivity contribution is 6.39. The molecule has 2 heterocycles. The molecule has 2 aromatic rings. The number of carbonyl (C=O) groups is 2. The summed E-state index contributed by atoms with van der Waals surface area (Å²) in [5, 5.41) is 12.3. The van der Waals surface area contributed by atoms with Gasteiger partial charge in [0.2, 0.25) is 0 Å². The van der Waals surface area contributed by atoms with E-state index in [4.69, 9.17) is 0 Å². The van der Waals surface area contributed by atoms with E-state index in [1.807, 2.05) is 25.1 Å². The molecule has 7 heteroatoms. The molecule has 1 fully saturated rings. The van der Waals surface area contributed by atoms with Crippen molar-refractivity contribution < 1.29 is 14.7 Å². The Labute approximate surface area is 145 Å². The molecular weight excluding hydrogens is 320 g/mol. The number of benzene rings is 1. The maximum Gasteiger partial charge on any atom is 0.314 e. The number of hydrogen-bond acceptors (Lipinski definition) is 5. The van der Waals surface area contributed by atoms with Crippen molar-refractivity contribution >= 4 is 23.3 Å². The van der Waals surface area contributed by atoms with Crippen molar-refractivity contribution in [3.05, 3.63) is 48.2 Å². The number of hydrogen-bond donors (Lipinski definition) is 2. The second-order valence-electron chi connectivity index (χ2n) is 5.94. The molecule has 25 heavy (non-hydrogen) atoms. The van der Waals surface area contributed by atoms with Crippen molar-refractivity contribution in [1.82, 2.24) is 9.88 Å². The Morgan fingerprint density at radius 3 is 2.56 bits per heavy atom. The number of anilines is 2. The van der Waals surface area contributed by atoms with E-state index in [-0.39, 0.29) is 11.4 Å². The molecule has 130 valence electrons. The van der Waals surface area contributed by atoms with E-state index in [0.29, 0.717) is 26.2 Å². The third-order valence-electron chi connectivity index (χ3n) is 4.13. The van der Waals surface area contributed by atoms with Crippen LogP contribution in [0.15, 0.2) is 42.6 Å². The molecule has 2 N–H and O–H groups in total. The molecule has 0 radical (unpaired) electrons. The summed E-state index contributed by atoms with van der Waals surface area (Å²) in [7, 11) is 0. The van der Waals surface area contributed by atoms with Gasteiger partial charge in [0.05, 0.1) is 5.69 Å². The molecule has 1 aliphatic rings. The molecule has 3 rings (SSSR count). The Morgan fingerprint density at radius 2 is 1.88 bits per heavy atom. The number of nitrogens with zero attached hydrogens (tertiary/aromatic N) is 3. The highest BCUT2D eigenvalue weighted by atomic mass is 16.3. The number of pyridine rings is 1. The Hall–Kier alpha value is -3.09. The van der Waals surface area contributed by atoms with Crippen LogP contribution >= 0.6 is 0 Å². The second-order valence-corrected chi connectivity index (χ2v) is 5.94. The van der Waals surface area contributed by atoms with Crippen molar-refractivity contribution in [2.24, 2.45) is 0 Å². The number of carbonyl (C=O) groups excluding carboxylic acids is 2. The first-order valence-corrected chi connectivity index (χ1v) is 8.10. The van der Waals surface area contributed by atoms with E-state index in [1.54, 1.807) is 18.3 Å². The van der Waals surface area contributed by atoms with Gasteiger partial charge in [-0.15, -0.1) is 0 Å². The van der Waals surface area contributed by atoms with Crippen LogP contribution < -0.4 is 10.2 Å². The van der Waals surface area contributed by atoms with Crippen LogP contribution in [0.2, 0.25) is 0 Å². The Balaban J connectivity index is 1.58. The number of phenolic OH excluding ortho intramolecular Hbond substituents is 1. The highest BCUT2D eigenvalue weighted by Crippen LogP contribution is 2.24. The van der Waals surface area contributed by atoms with E-state index >= 15 is 0 Å². The molecule has 0 unspecified atom stereocenters. The summed E-state index contributed by atoms with van der Waals surface area (Å²) in [4.78, 5) is 32.4. The number of aromatic nitrogens is 1. The molecule has 0 spiro atoms. The van der Waals surface area contributed by atoms with E-state index in [9.17, 15) is 14.7 Å². The first-order chi connectivity index (χ1) is 12.0. The summed E-state index contributed by atoms with van der Waals surface area (Å²) in [6.45, 7) is 3.97. The van der Waals surface area contributed by atoms with E-state index in [1.165, 1.54) is 11.0 Å². The number of aromatic hydroxyl groups is 1. The molecule has 0 saturated carbocycles. The van der Waals surface area contributed by atoms with Crippen molar-refractivity contribution in [2.45, 2.75) is 6.92 Å². The zero-order valence-corrected chi connectivity index (χ0v) is 14.0. The van der Waals surface area contributed by atoms with Crippen LogP contribution in [-0.4, -0.2) is 53.0 Å². The van der Waals surface area contributed by atoms with Gasteiger partial charge < -0.3 is 20.2 Å². The number of rotatable bonds is 2. The van der Waals surface area contributed by atoms with Crippen LogP contribution in [-0.2, 0) is 9.59 Å². The minimum atomic E-state index is -0.743. The van der Waals surface area contributed by atoms with Crippen LogP contribution in [0.25, 0.3) is 0 Å². The lowest BCUT2D eigenvalue weighted by molar-refractivity contribution is -0.143. The summed E-state index contributed by atoms with van der Waals surface area (Å²) in [5.41, 5.74) is 1.12. The molecule has 1 aromatic carbocycles. The van der Waals surface area contributed by atoms with Crippen molar-refractivity contribution in [3.63, 3.8) is 0 Å². The van der Waals surface area contributed by atoms with Crippen molar-refractivity contribution in [2.75, 3.05) is 36.4 Å². The van der Waals surface area contributed by atoms with Gasteiger partial charge in [0.25, 0.3) is 0 Å². The zero-order chi connectivity index (χ0) is 17.8. The predicted octanol–water partition coefficient (Wildman–Crippen LogP) is 1.38. The topological polar surface area (TPSA) is 85.8 Å². The number of nitrogens with one attached hydrogen (secondary N) is 1. The lowest BCUT2D eigenvalue weighted by Crippen LogP contribution is -2.51. The Bertz CT molecular complexity index is 771. The third-order valence-corrected chi connectivity index (χ3v) is 4.13. The smallest absolute Gasteiger partial charge is 0.314 e. The van der Waals surface area contributed by atoms with Gasteiger partial charge in [-0.2, -0.15) is 0 Å². The molecule has 1 aliphatic heterocycles. The third kappa shape index (κ3) is 3.88. The van der Waals surface area contributed by atoms with E-state index in [0.717, 1.165) is 11.4 Å². The van der Waals surface area contributed by atoms with E-state index in [2.05, 4.69) is 15.2 Å². The van der Waals surface area contributed by atoms with Crippen LogP contribution in [0, 0.1) is 6.92 Å². The Morgan fingerprint density at radius 1 is 1.12 bits per heavy atom. The van der Waals surface area contributed by atoms with Crippen LogP contribution in [0.3, 0.4) is 0 Å². The van der Waals surface area contributed by atoms with Gasteiger partial charge in [-0.3, -0.25) is 9.59 Å². The molecule has 0 aliphatic carbocycles. The minimum absolute atomic E-state index is 0.0632. The van der Waals surface area contributed by atoms with Crippen LogP contribution in [0.4, 0.5) is 11.5 Å². The minimum Gasteiger partial charge on any atom is -0.506 e. The Kier molecular flexibility index (Phi) is 4.83. The number of piperazine rings is 1. The second kappa shape index (κ2) is 7.21. The molecule has 2 amide bonds. The fraction of sp³-hybridized carbons (Fsp3) is 0.278. The summed E-state index contributed by atoms with van der Waals surface area (Å²) >= 11 is 0. The lowest BCUT2D eigenvalue weighted by Gasteiger charge is -2.35. The number of phenols is 1. The molecule has 1 aromatic heterocycles. The first kappa shape index (κ1) is 16.8. The van der Waals surface area contributed by atoms with Crippen molar-refractivity contribution in [1.29, 1.82) is 0 Å². The number of amides is 2. The van der Waals surface area contributed by atoms with Gasteiger partial charge in [0.15, 0.2) is 0 Å². The predicted molar refractivity (Wildman–Crippen MR) is 94.5 cm³/mol. The highest BCUT2D eigenvalue weighted by Gasteiger charge is 2.26. The van der Waals surface area contributed by atoms with Gasteiger partial charge in [-0.25, -0.2) is 4.98 Å². The van der Waals surface area contributed by atoms with Crippen molar-refractivity contribution in [3.8, 4) is 5.75 Å². The standard InChI is InChI=1S/C18H20N4O3/c1-13-5-6-15(23)14(12-13)20-17(24)18(25)22-10-8-21(9-11-22)16-4-2-3-7-19-16/h2-7,12,23H,8-11H2,1H3,(H,20,24). The van der Waals surface area contributed by atoms with Gasteiger partial charge in [0.1, 0.15) is 11.6 Å². The fourth-order valence-corrected chi connectivity index (χ4v) is 2.75. The largest absolute Gasteiger partial charge is 0.506 e. The lowest BCUT2D eigenvalue weighted by atomic mass is 10.2. The monoisotopic (exact) mass is 340 g/mol. The molecule has 0 bridgehead atoms. The van der Waals surface area contributed by atoms with E-state index < -0.39 is 11.8 Å². The maximum atomic E-state index is 12.3. The zero-order valence-electron chi connectivity index (χ0n) is 14.0. The van der Waals surface area contributed by atoms with Gasteiger partial charge in [-0.05, 0) is 36.8 Å². The van der Waals surface area contributed by atoms with Crippen LogP contribution in [0.5, 0.6) is 5.75 Å². The normalized spacial score (nSPS) is 14.3. The average Bonchev–Trinajstić information content (AvgIpc) is 2.65. The summed E-state index contributed by atoms with van der Waals surface area (Å²) in [5.74, 6) is -0.538. The molecule has 0 atom stereocenters. The fourth-order valence-electron chi connectivity index (χ4n) is 2.75. The van der Waals surface area contributed by atoms with Gasteiger partial charge >= 0.3 is 11.8 Å². The molecule has 1 saturated heterocycles. The summed E-state index contributed by atoms with van der Waals surface area (Å²) in [6.07, 6.45) is 1.73. The summed E-state index contributed by atoms with van der Waals surface area (Å²) < 4.78 is 0. The van der Waals surface area contributed by atoms with Crippen LogP contribution in [0.1, 0.15) is 5.56 Å². The van der Waals surface area contributed by atoms with Gasteiger partial charge in [-0.1, -0.05) is 12.1 Å².